The Bertz CT molecular complexity index is 510. The number of pyridine rings is 1. The van der Waals surface area contributed by atoms with Gasteiger partial charge in [-0.1, -0.05) is 19.9 Å². The molecule has 20 heavy (non-hydrogen) atoms. The molecule has 2 unspecified atom stereocenters. The van der Waals surface area contributed by atoms with Crippen molar-refractivity contribution in [2.24, 2.45) is 5.92 Å². The SMILES string of the molecule is Cc1ccc(CN2C(=O)C(C)NC(=O)C2C(C)C)cn1. The second kappa shape index (κ2) is 5.61. The van der Waals surface area contributed by atoms with Crippen molar-refractivity contribution in [1.82, 2.24) is 15.2 Å². The van der Waals surface area contributed by atoms with Gasteiger partial charge in [0.15, 0.2) is 0 Å². The van der Waals surface area contributed by atoms with Crippen LogP contribution in [0, 0.1) is 12.8 Å². The Morgan fingerprint density at radius 1 is 1.35 bits per heavy atom. The Labute approximate surface area is 119 Å². The highest BCUT2D eigenvalue weighted by Crippen LogP contribution is 2.20. The Morgan fingerprint density at radius 3 is 2.60 bits per heavy atom. The molecule has 1 fully saturated rings. The van der Waals surface area contributed by atoms with E-state index in [1.165, 1.54) is 0 Å². The zero-order valence-corrected chi connectivity index (χ0v) is 12.4. The minimum Gasteiger partial charge on any atom is -0.343 e. The number of piperazine rings is 1. The molecule has 1 aliphatic rings. The average Bonchev–Trinajstić information content (AvgIpc) is 2.37. The summed E-state index contributed by atoms with van der Waals surface area (Å²) in [7, 11) is 0. The number of aromatic nitrogens is 1. The van der Waals surface area contributed by atoms with Crippen LogP contribution in [0.5, 0.6) is 0 Å². The van der Waals surface area contributed by atoms with Crippen LogP contribution in [0.3, 0.4) is 0 Å². The molecule has 2 rings (SSSR count). The Balaban J connectivity index is 2.26. The van der Waals surface area contributed by atoms with Crippen LogP contribution >= 0.6 is 0 Å². The minimum absolute atomic E-state index is 0.0381. The van der Waals surface area contributed by atoms with E-state index in [9.17, 15) is 9.59 Å². The molecule has 0 spiro atoms. The Hall–Kier alpha value is -1.91. The number of hydrogen-bond donors (Lipinski definition) is 1. The van der Waals surface area contributed by atoms with Crippen LogP contribution in [0.1, 0.15) is 32.0 Å². The molecule has 0 saturated carbocycles. The number of carbonyl (C=O) groups excluding carboxylic acids is 2. The second-order valence-corrected chi connectivity index (χ2v) is 5.69. The molecule has 0 aromatic carbocycles. The normalized spacial score (nSPS) is 23.1. The lowest BCUT2D eigenvalue weighted by molar-refractivity contribution is -0.151. The van der Waals surface area contributed by atoms with Gasteiger partial charge in [-0.25, -0.2) is 0 Å². The van der Waals surface area contributed by atoms with Gasteiger partial charge in [0.05, 0.1) is 0 Å². The van der Waals surface area contributed by atoms with Gasteiger partial charge in [0.25, 0.3) is 0 Å². The molecular weight excluding hydrogens is 254 g/mol. The van der Waals surface area contributed by atoms with E-state index in [1.807, 2.05) is 32.9 Å². The van der Waals surface area contributed by atoms with Crippen molar-refractivity contribution < 1.29 is 9.59 Å². The molecule has 0 bridgehead atoms. The van der Waals surface area contributed by atoms with Crippen molar-refractivity contribution in [3.63, 3.8) is 0 Å². The fourth-order valence-corrected chi connectivity index (χ4v) is 2.52. The smallest absolute Gasteiger partial charge is 0.245 e. The fraction of sp³-hybridized carbons (Fsp3) is 0.533. The third-order valence-electron chi connectivity index (χ3n) is 3.57. The molecule has 1 saturated heterocycles. The van der Waals surface area contributed by atoms with Crippen molar-refractivity contribution in [3.05, 3.63) is 29.6 Å². The number of nitrogens with zero attached hydrogens (tertiary/aromatic N) is 2. The van der Waals surface area contributed by atoms with Gasteiger partial charge in [-0.15, -0.1) is 0 Å². The van der Waals surface area contributed by atoms with Crippen LogP contribution in [-0.2, 0) is 16.1 Å². The van der Waals surface area contributed by atoms with Gasteiger partial charge in [0.2, 0.25) is 11.8 Å². The molecule has 0 radical (unpaired) electrons. The number of rotatable bonds is 3. The lowest BCUT2D eigenvalue weighted by Crippen LogP contribution is -2.63. The topological polar surface area (TPSA) is 62.3 Å². The third kappa shape index (κ3) is 2.81. The number of amides is 2. The molecule has 5 heteroatoms. The monoisotopic (exact) mass is 275 g/mol. The second-order valence-electron chi connectivity index (χ2n) is 5.69. The van der Waals surface area contributed by atoms with E-state index in [2.05, 4.69) is 10.3 Å². The summed E-state index contributed by atoms with van der Waals surface area (Å²) in [6.45, 7) is 7.97. The van der Waals surface area contributed by atoms with Crippen molar-refractivity contribution in [1.29, 1.82) is 0 Å². The lowest BCUT2D eigenvalue weighted by Gasteiger charge is -2.39. The zero-order valence-electron chi connectivity index (χ0n) is 12.4. The number of hydrogen-bond acceptors (Lipinski definition) is 3. The summed E-state index contributed by atoms with van der Waals surface area (Å²) in [6, 6.07) is 2.98. The van der Waals surface area contributed by atoms with Gasteiger partial charge in [0.1, 0.15) is 12.1 Å². The molecule has 1 aromatic rings. The van der Waals surface area contributed by atoms with Crippen molar-refractivity contribution in [2.75, 3.05) is 0 Å². The average molecular weight is 275 g/mol. The summed E-state index contributed by atoms with van der Waals surface area (Å²) in [5.74, 6) is -0.0408. The van der Waals surface area contributed by atoms with Crippen LogP contribution in [0.15, 0.2) is 18.3 Å². The van der Waals surface area contributed by atoms with Crippen LogP contribution < -0.4 is 5.32 Å². The van der Waals surface area contributed by atoms with Gasteiger partial charge >= 0.3 is 0 Å². The highest BCUT2D eigenvalue weighted by atomic mass is 16.2. The lowest BCUT2D eigenvalue weighted by atomic mass is 9.97. The van der Waals surface area contributed by atoms with Gasteiger partial charge in [-0.2, -0.15) is 0 Å². The van der Waals surface area contributed by atoms with Crippen molar-refractivity contribution in [2.45, 2.75) is 46.3 Å². The van der Waals surface area contributed by atoms with E-state index < -0.39 is 12.1 Å². The van der Waals surface area contributed by atoms with E-state index >= 15 is 0 Å². The van der Waals surface area contributed by atoms with E-state index in [1.54, 1.807) is 18.0 Å². The third-order valence-corrected chi connectivity index (χ3v) is 3.57. The van der Waals surface area contributed by atoms with Crippen LogP contribution in [0.2, 0.25) is 0 Å². The van der Waals surface area contributed by atoms with E-state index in [-0.39, 0.29) is 17.7 Å². The van der Waals surface area contributed by atoms with E-state index in [0.29, 0.717) is 6.54 Å². The molecule has 108 valence electrons. The molecule has 5 nitrogen and oxygen atoms in total. The first kappa shape index (κ1) is 14.5. The van der Waals surface area contributed by atoms with Gasteiger partial charge in [0, 0.05) is 18.4 Å². The predicted octanol–water partition coefficient (Wildman–Crippen LogP) is 1.26. The number of carbonyl (C=O) groups is 2. The maximum Gasteiger partial charge on any atom is 0.245 e. The van der Waals surface area contributed by atoms with Gasteiger partial charge in [-0.05, 0) is 31.4 Å². The molecular formula is C15H21N3O2. The van der Waals surface area contributed by atoms with Crippen LogP contribution in [-0.4, -0.2) is 33.8 Å². The fourth-order valence-electron chi connectivity index (χ4n) is 2.52. The molecule has 2 amide bonds. The van der Waals surface area contributed by atoms with Crippen LogP contribution in [0.4, 0.5) is 0 Å². The number of nitrogens with one attached hydrogen (secondary N) is 1. The maximum atomic E-state index is 12.3. The molecule has 1 N–H and O–H groups in total. The first-order valence-electron chi connectivity index (χ1n) is 6.92. The Kier molecular flexibility index (Phi) is 4.06. The first-order valence-corrected chi connectivity index (χ1v) is 6.92. The largest absolute Gasteiger partial charge is 0.343 e. The number of aryl methyl sites for hydroxylation is 1. The van der Waals surface area contributed by atoms with Gasteiger partial charge < -0.3 is 10.2 Å². The van der Waals surface area contributed by atoms with Crippen LogP contribution in [0.25, 0.3) is 0 Å². The summed E-state index contributed by atoms with van der Waals surface area (Å²) in [4.78, 5) is 30.4. The van der Waals surface area contributed by atoms with E-state index in [0.717, 1.165) is 11.3 Å². The first-order chi connectivity index (χ1) is 9.40. The van der Waals surface area contributed by atoms with Crippen molar-refractivity contribution >= 4 is 11.8 Å². The quantitative estimate of drug-likeness (QED) is 0.903. The highest BCUT2D eigenvalue weighted by molar-refractivity contribution is 5.96. The maximum absolute atomic E-state index is 12.3. The molecule has 1 aliphatic heterocycles. The Morgan fingerprint density at radius 2 is 2.05 bits per heavy atom. The summed E-state index contributed by atoms with van der Waals surface area (Å²) < 4.78 is 0. The minimum atomic E-state index is -0.462. The summed E-state index contributed by atoms with van der Waals surface area (Å²) in [5.41, 5.74) is 1.88. The molecule has 2 atom stereocenters. The zero-order chi connectivity index (χ0) is 14.9. The molecule has 1 aromatic heterocycles. The highest BCUT2D eigenvalue weighted by Gasteiger charge is 2.39. The summed E-state index contributed by atoms with van der Waals surface area (Å²) >= 11 is 0. The molecule has 0 aliphatic carbocycles. The standard InChI is InChI=1S/C15H21N3O2/c1-9(2)13-14(19)17-11(4)15(20)18(13)8-12-6-5-10(3)16-7-12/h5-7,9,11,13H,8H2,1-4H3,(H,17,19). The predicted molar refractivity (Wildman–Crippen MR) is 75.8 cm³/mol. The van der Waals surface area contributed by atoms with Crippen molar-refractivity contribution in [3.8, 4) is 0 Å². The molecule has 2 heterocycles. The van der Waals surface area contributed by atoms with E-state index in [4.69, 9.17) is 0 Å². The van der Waals surface area contributed by atoms with Gasteiger partial charge in [-0.3, -0.25) is 14.6 Å². The summed E-state index contributed by atoms with van der Waals surface area (Å²) in [5, 5.41) is 2.74. The summed E-state index contributed by atoms with van der Waals surface area (Å²) in [6.07, 6.45) is 1.76.